The van der Waals surface area contributed by atoms with Crippen LogP contribution in [0, 0.1) is 0 Å². The van der Waals surface area contributed by atoms with E-state index in [0.29, 0.717) is 17.1 Å². The molecule has 0 aliphatic rings. The van der Waals surface area contributed by atoms with Crippen molar-refractivity contribution in [2.45, 2.75) is 0 Å². The van der Waals surface area contributed by atoms with Crippen LogP contribution < -0.4 is 15.0 Å². The van der Waals surface area contributed by atoms with Gasteiger partial charge in [0.25, 0.3) is 5.91 Å². The molecule has 0 spiro atoms. The maximum absolute atomic E-state index is 12.3. The molecule has 0 bridgehead atoms. The van der Waals surface area contributed by atoms with Crippen molar-refractivity contribution >= 4 is 17.4 Å². The second-order valence-electron chi connectivity index (χ2n) is 4.45. The van der Waals surface area contributed by atoms with Gasteiger partial charge in [0.05, 0.1) is 12.7 Å². The molecule has 0 saturated heterocycles. The number of methoxy groups -OCH3 is 1. The van der Waals surface area contributed by atoms with Crippen molar-refractivity contribution in [2.24, 2.45) is 0 Å². The van der Waals surface area contributed by atoms with Gasteiger partial charge in [-0.15, -0.1) is 0 Å². The monoisotopic (exact) mass is 271 g/mol. The van der Waals surface area contributed by atoms with Crippen molar-refractivity contribution in [1.29, 1.82) is 0 Å². The molecule has 1 N–H and O–H groups in total. The highest BCUT2D eigenvalue weighted by atomic mass is 16.5. The lowest BCUT2D eigenvalue weighted by molar-refractivity contribution is 0.102. The van der Waals surface area contributed by atoms with Crippen LogP contribution in [-0.4, -0.2) is 32.1 Å². The van der Waals surface area contributed by atoms with Gasteiger partial charge in [-0.3, -0.25) is 4.79 Å². The molecule has 0 radical (unpaired) electrons. The molecule has 5 heteroatoms. The Bertz CT molecular complexity index is 594. The Morgan fingerprint density at radius 2 is 1.90 bits per heavy atom. The smallest absolute Gasteiger partial charge is 0.259 e. The third-order valence-corrected chi connectivity index (χ3v) is 2.80. The molecule has 0 saturated carbocycles. The Morgan fingerprint density at radius 1 is 1.20 bits per heavy atom. The summed E-state index contributed by atoms with van der Waals surface area (Å²) in [5.41, 5.74) is 1.25. The molecule has 0 aliphatic heterocycles. The number of carbonyl (C=O) groups is 1. The summed E-state index contributed by atoms with van der Waals surface area (Å²) in [6, 6.07) is 10.7. The van der Waals surface area contributed by atoms with Gasteiger partial charge < -0.3 is 15.0 Å². The van der Waals surface area contributed by atoms with Gasteiger partial charge in [-0.2, -0.15) is 0 Å². The third kappa shape index (κ3) is 3.06. The van der Waals surface area contributed by atoms with E-state index in [-0.39, 0.29) is 5.91 Å². The fourth-order valence-corrected chi connectivity index (χ4v) is 1.80. The number of ether oxygens (including phenoxy) is 1. The highest BCUT2D eigenvalue weighted by molar-refractivity contribution is 6.07. The zero-order valence-electron chi connectivity index (χ0n) is 11.8. The predicted molar refractivity (Wildman–Crippen MR) is 79.5 cm³/mol. The van der Waals surface area contributed by atoms with E-state index in [1.165, 1.54) is 0 Å². The maximum Gasteiger partial charge on any atom is 0.259 e. The minimum absolute atomic E-state index is 0.188. The lowest BCUT2D eigenvalue weighted by Gasteiger charge is -2.15. The number of hydrogen-bond donors (Lipinski definition) is 1. The van der Waals surface area contributed by atoms with Gasteiger partial charge in [-0.1, -0.05) is 0 Å². The topological polar surface area (TPSA) is 54.5 Å². The quantitative estimate of drug-likeness (QED) is 0.927. The van der Waals surface area contributed by atoms with Crippen molar-refractivity contribution < 1.29 is 9.53 Å². The van der Waals surface area contributed by atoms with Crippen LogP contribution in [0.15, 0.2) is 42.6 Å². The molecule has 0 unspecified atom stereocenters. The predicted octanol–water partition coefficient (Wildman–Crippen LogP) is 2.41. The first-order chi connectivity index (χ1) is 9.61. The number of hydrogen-bond acceptors (Lipinski definition) is 4. The minimum atomic E-state index is -0.188. The number of carbonyl (C=O) groups excluding carboxylic acids is 1. The Kier molecular flexibility index (Phi) is 4.20. The molecule has 2 rings (SSSR count). The fourth-order valence-electron chi connectivity index (χ4n) is 1.80. The van der Waals surface area contributed by atoms with E-state index >= 15 is 0 Å². The number of pyridine rings is 1. The van der Waals surface area contributed by atoms with Crippen LogP contribution in [0.25, 0.3) is 0 Å². The molecule has 5 nitrogen and oxygen atoms in total. The first-order valence-corrected chi connectivity index (χ1v) is 6.19. The zero-order valence-corrected chi connectivity index (χ0v) is 11.8. The summed E-state index contributed by atoms with van der Waals surface area (Å²) >= 11 is 0. The lowest BCUT2D eigenvalue weighted by atomic mass is 10.2. The van der Waals surface area contributed by atoms with Gasteiger partial charge >= 0.3 is 0 Å². The molecule has 0 fully saturated rings. The molecule has 20 heavy (non-hydrogen) atoms. The summed E-state index contributed by atoms with van der Waals surface area (Å²) in [5.74, 6) is 1.20. The van der Waals surface area contributed by atoms with Gasteiger partial charge in [0, 0.05) is 26.0 Å². The number of nitrogens with zero attached hydrogens (tertiary/aromatic N) is 2. The van der Waals surface area contributed by atoms with E-state index in [2.05, 4.69) is 10.3 Å². The van der Waals surface area contributed by atoms with Gasteiger partial charge in [0.15, 0.2) is 0 Å². The normalized spacial score (nSPS) is 9.95. The summed E-state index contributed by atoms with van der Waals surface area (Å²) < 4.78 is 5.08. The average Bonchev–Trinajstić information content (AvgIpc) is 2.48. The standard InChI is InChI=1S/C15H17N3O2/c1-18(2)14-13(5-4-10-16-14)15(19)17-11-6-8-12(20-3)9-7-11/h4-10H,1-3H3,(H,17,19). The number of benzene rings is 1. The molecule has 1 amide bonds. The molecule has 104 valence electrons. The molecular weight excluding hydrogens is 254 g/mol. The number of nitrogens with one attached hydrogen (secondary N) is 1. The first-order valence-electron chi connectivity index (χ1n) is 6.19. The summed E-state index contributed by atoms with van der Waals surface area (Å²) in [4.78, 5) is 18.3. The van der Waals surface area contributed by atoms with Crippen LogP contribution in [0.4, 0.5) is 11.5 Å². The van der Waals surface area contributed by atoms with E-state index in [4.69, 9.17) is 4.74 Å². The van der Waals surface area contributed by atoms with E-state index < -0.39 is 0 Å². The minimum Gasteiger partial charge on any atom is -0.497 e. The Morgan fingerprint density at radius 3 is 2.50 bits per heavy atom. The van der Waals surface area contributed by atoms with Crippen molar-refractivity contribution in [3.63, 3.8) is 0 Å². The number of aromatic nitrogens is 1. The van der Waals surface area contributed by atoms with Crippen LogP contribution >= 0.6 is 0 Å². The number of amides is 1. The number of anilines is 2. The molecule has 0 aliphatic carbocycles. The lowest BCUT2D eigenvalue weighted by Crippen LogP contribution is -2.19. The van der Waals surface area contributed by atoms with Crippen LogP contribution in [0.2, 0.25) is 0 Å². The molecule has 2 aromatic rings. The van der Waals surface area contributed by atoms with Gasteiger partial charge in [-0.25, -0.2) is 4.98 Å². The SMILES string of the molecule is COc1ccc(NC(=O)c2cccnc2N(C)C)cc1. The summed E-state index contributed by atoms with van der Waals surface area (Å²) in [5, 5.41) is 2.84. The highest BCUT2D eigenvalue weighted by Crippen LogP contribution is 2.19. The summed E-state index contributed by atoms with van der Waals surface area (Å²) in [6.45, 7) is 0. The summed E-state index contributed by atoms with van der Waals surface area (Å²) in [7, 11) is 5.31. The van der Waals surface area contributed by atoms with E-state index in [0.717, 1.165) is 5.75 Å². The maximum atomic E-state index is 12.3. The zero-order chi connectivity index (χ0) is 14.5. The molecular formula is C15H17N3O2. The highest BCUT2D eigenvalue weighted by Gasteiger charge is 2.13. The number of rotatable bonds is 4. The van der Waals surface area contributed by atoms with Crippen molar-refractivity contribution in [2.75, 3.05) is 31.4 Å². The Balaban J connectivity index is 2.19. The molecule has 1 aromatic carbocycles. The molecule has 1 aromatic heterocycles. The fraction of sp³-hybridized carbons (Fsp3) is 0.200. The van der Waals surface area contributed by atoms with Crippen LogP contribution in [-0.2, 0) is 0 Å². The van der Waals surface area contributed by atoms with E-state index in [1.807, 2.05) is 19.0 Å². The molecule has 0 atom stereocenters. The largest absolute Gasteiger partial charge is 0.497 e. The Labute approximate surface area is 118 Å². The second kappa shape index (κ2) is 6.06. The van der Waals surface area contributed by atoms with Gasteiger partial charge in [0.1, 0.15) is 11.6 Å². The molecule has 1 heterocycles. The third-order valence-electron chi connectivity index (χ3n) is 2.80. The van der Waals surface area contributed by atoms with Gasteiger partial charge in [0.2, 0.25) is 0 Å². The van der Waals surface area contributed by atoms with Crippen LogP contribution in [0.5, 0.6) is 5.75 Å². The van der Waals surface area contributed by atoms with Gasteiger partial charge in [-0.05, 0) is 36.4 Å². The summed E-state index contributed by atoms with van der Waals surface area (Å²) in [6.07, 6.45) is 1.67. The van der Waals surface area contributed by atoms with Crippen molar-refractivity contribution in [3.05, 3.63) is 48.2 Å². The van der Waals surface area contributed by atoms with Crippen LogP contribution in [0.3, 0.4) is 0 Å². The van der Waals surface area contributed by atoms with E-state index in [9.17, 15) is 4.79 Å². The first kappa shape index (κ1) is 13.9. The second-order valence-corrected chi connectivity index (χ2v) is 4.45. The van der Waals surface area contributed by atoms with Crippen molar-refractivity contribution in [3.8, 4) is 5.75 Å². The van der Waals surface area contributed by atoms with Crippen LogP contribution in [0.1, 0.15) is 10.4 Å². The van der Waals surface area contributed by atoms with Crippen molar-refractivity contribution in [1.82, 2.24) is 4.98 Å². The van der Waals surface area contributed by atoms with E-state index in [1.54, 1.807) is 49.7 Å². The Hall–Kier alpha value is -2.56. The average molecular weight is 271 g/mol.